The maximum Gasteiger partial charge on any atom is 0.307 e. The van der Waals surface area contributed by atoms with E-state index in [4.69, 9.17) is 9.47 Å². The zero-order valence-corrected chi connectivity index (χ0v) is 65.6. The number of rotatable bonds is 83. The van der Waals surface area contributed by atoms with E-state index in [2.05, 4.69) is 61.4 Å². The number of hydrogen-bond acceptors (Lipinski definition) is 8. The van der Waals surface area contributed by atoms with Gasteiger partial charge in [-0.2, -0.15) is 0 Å². The van der Waals surface area contributed by atoms with E-state index in [1.54, 1.807) is 0 Å². The smallest absolute Gasteiger partial charge is 0.307 e. The van der Waals surface area contributed by atoms with Crippen LogP contribution >= 0.6 is 0 Å². The maximum absolute atomic E-state index is 13.0. The lowest BCUT2D eigenvalue weighted by atomic mass is 10.0. The molecule has 0 fully saturated rings. The van der Waals surface area contributed by atoms with Gasteiger partial charge in [0.15, 0.2) is 0 Å². The van der Waals surface area contributed by atoms with E-state index in [0.717, 1.165) is 52.4 Å². The second-order valence-corrected chi connectivity index (χ2v) is 30.4. The molecule has 0 radical (unpaired) electrons. The molecular weight excluding hydrogens is 1150 g/mol. The largest absolute Gasteiger partial charge is 0.464 e. The van der Waals surface area contributed by atoms with Crippen LogP contribution in [0.15, 0.2) is 0 Å². The predicted molar refractivity (Wildman–Crippen MR) is 417 cm³/mol. The molecule has 0 spiro atoms. The minimum absolute atomic E-state index is 0.0821. The third-order valence-electron chi connectivity index (χ3n) is 20.9. The first kappa shape index (κ1) is 92.8. The molecule has 0 amide bonds. The van der Waals surface area contributed by atoms with Crippen molar-refractivity contribution in [1.82, 2.24) is 19.6 Å². The summed E-state index contributed by atoms with van der Waals surface area (Å²) in [6, 6.07) is 0. The highest BCUT2D eigenvalue weighted by atomic mass is 16.5. The monoisotopic (exact) mass is 1330 g/mol. The Labute approximate surface area is 591 Å². The van der Waals surface area contributed by atoms with Crippen molar-refractivity contribution in [2.75, 3.05) is 92.8 Å². The summed E-state index contributed by atoms with van der Waals surface area (Å²) in [4.78, 5) is 35.7. The topological polar surface area (TPSA) is 65.6 Å². The van der Waals surface area contributed by atoms with Crippen LogP contribution in [0.3, 0.4) is 0 Å². The lowest BCUT2D eigenvalue weighted by Crippen LogP contribution is -2.34. The molecule has 0 unspecified atom stereocenters. The quantitative estimate of drug-likeness (QED) is 0.0441. The highest BCUT2D eigenvalue weighted by Gasteiger charge is 2.13. The summed E-state index contributed by atoms with van der Waals surface area (Å²) in [6.07, 6.45) is 90.4. The zero-order chi connectivity index (χ0) is 68.0. The van der Waals surface area contributed by atoms with Crippen LogP contribution < -0.4 is 0 Å². The first-order valence-corrected chi connectivity index (χ1v) is 43.5. The Morgan fingerprint density at radius 2 is 0.340 bits per heavy atom. The van der Waals surface area contributed by atoms with Gasteiger partial charge < -0.3 is 19.3 Å². The van der Waals surface area contributed by atoms with E-state index in [1.165, 1.54) is 411 Å². The fraction of sp³-hybridized carbons (Fsp3) is 0.977. The Kier molecular flexibility index (Phi) is 79.7. The second-order valence-electron chi connectivity index (χ2n) is 30.4. The summed E-state index contributed by atoms with van der Waals surface area (Å²) < 4.78 is 11.8. The van der Waals surface area contributed by atoms with Crippen molar-refractivity contribution < 1.29 is 19.1 Å². The summed E-state index contributed by atoms with van der Waals surface area (Å²) in [5.74, 6) is -0.164. The molecule has 562 valence electrons. The van der Waals surface area contributed by atoms with Gasteiger partial charge >= 0.3 is 11.9 Å². The van der Waals surface area contributed by atoms with Crippen molar-refractivity contribution >= 4 is 11.9 Å². The van der Waals surface area contributed by atoms with Crippen molar-refractivity contribution in [3.63, 3.8) is 0 Å². The van der Waals surface area contributed by atoms with Crippen LogP contribution in [0.5, 0.6) is 0 Å². The molecule has 94 heavy (non-hydrogen) atoms. The summed E-state index contributed by atoms with van der Waals surface area (Å²) in [5, 5.41) is 0. The summed E-state index contributed by atoms with van der Waals surface area (Å²) in [6.45, 7) is 19.5. The van der Waals surface area contributed by atoms with Crippen molar-refractivity contribution in [3.8, 4) is 0 Å². The minimum Gasteiger partial charge on any atom is -0.464 e. The Morgan fingerprint density at radius 1 is 0.191 bits per heavy atom. The minimum atomic E-state index is -0.0821. The highest BCUT2D eigenvalue weighted by Crippen LogP contribution is 2.20. The molecule has 8 nitrogen and oxygen atoms in total. The molecule has 0 bridgehead atoms. The fourth-order valence-electron chi connectivity index (χ4n) is 14.1. The Hall–Kier alpha value is -1.22. The molecule has 0 aromatic rings. The summed E-state index contributed by atoms with van der Waals surface area (Å²) in [5.41, 5.74) is 0. The van der Waals surface area contributed by atoms with Crippen LogP contribution in [-0.4, -0.2) is 124 Å². The van der Waals surface area contributed by atoms with Crippen LogP contribution in [0, 0.1) is 0 Å². The average molecular weight is 1330 g/mol. The third-order valence-corrected chi connectivity index (χ3v) is 20.9. The van der Waals surface area contributed by atoms with Gasteiger partial charge in [-0.25, -0.2) is 0 Å². The van der Waals surface area contributed by atoms with Gasteiger partial charge in [0.2, 0.25) is 0 Å². The van der Waals surface area contributed by atoms with Crippen LogP contribution in [0.1, 0.15) is 451 Å². The van der Waals surface area contributed by atoms with Crippen molar-refractivity contribution in [2.45, 2.75) is 451 Å². The lowest BCUT2D eigenvalue weighted by Gasteiger charge is -2.23. The summed E-state index contributed by atoms with van der Waals surface area (Å²) >= 11 is 0. The first-order chi connectivity index (χ1) is 46.4. The van der Waals surface area contributed by atoms with Gasteiger partial charge in [0, 0.05) is 39.3 Å². The third kappa shape index (κ3) is 76.5. The molecule has 0 heterocycles. The van der Waals surface area contributed by atoms with Crippen LogP contribution in [0.4, 0.5) is 0 Å². The molecule has 0 aliphatic carbocycles. The molecule has 0 saturated carbocycles. The molecule has 0 saturated heterocycles. The number of likely N-dealkylation sites (N-methyl/N-ethyl adjacent to an activating group) is 2. The molecule has 0 N–H and O–H groups in total. The maximum atomic E-state index is 13.0. The second kappa shape index (κ2) is 80.8. The molecular formula is C86H174N4O4. The van der Waals surface area contributed by atoms with Crippen molar-refractivity contribution in [1.29, 1.82) is 0 Å². The Bertz CT molecular complexity index is 1260. The number of nitrogens with zero attached hydrogens (tertiary/aromatic N) is 4. The van der Waals surface area contributed by atoms with Crippen LogP contribution in [0.2, 0.25) is 0 Å². The normalized spacial score (nSPS) is 11.9. The number of hydrogen-bond donors (Lipinski definition) is 0. The molecule has 0 aromatic heterocycles. The van der Waals surface area contributed by atoms with E-state index >= 15 is 0 Å². The fourth-order valence-corrected chi connectivity index (χ4v) is 14.1. The first-order valence-electron chi connectivity index (χ1n) is 43.5. The molecule has 0 rings (SSSR count). The number of esters is 2. The van der Waals surface area contributed by atoms with E-state index < -0.39 is 0 Å². The average Bonchev–Trinajstić information content (AvgIpc) is 3.76. The van der Waals surface area contributed by atoms with Crippen molar-refractivity contribution in [2.24, 2.45) is 0 Å². The number of carbonyl (C=O) groups is 2. The van der Waals surface area contributed by atoms with E-state index in [-0.39, 0.29) is 11.9 Å². The standard InChI is InChI=1S/C86H174N4O4/c1-7-11-15-19-23-27-31-35-39-43-47-51-55-59-63-67-73-89(74-68-64-60-56-52-48-44-40-36-32-28-24-20-16-12-8-2)81-83-93-85(91)71-77-87(5)79-80-88(6)78-72-86(92)94-84-82-90(75-69-65-61-57-53-49-45-41-37-33-29-25-21-17-13-9-3)76-70-66-62-58-54-50-46-42-38-34-30-26-22-18-14-10-4/h7-84H2,1-6H3. The van der Waals surface area contributed by atoms with E-state index in [9.17, 15) is 9.59 Å². The molecule has 0 aliphatic heterocycles. The number of ether oxygens (including phenoxy) is 2. The predicted octanol–water partition coefficient (Wildman–Crippen LogP) is 26.4. The number of carbonyl (C=O) groups excluding carboxylic acids is 2. The molecule has 0 aliphatic rings. The van der Waals surface area contributed by atoms with Crippen molar-refractivity contribution in [3.05, 3.63) is 0 Å². The molecule has 8 heteroatoms. The zero-order valence-electron chi connectivity index (χ0n) is 65.6. The molecule has 0 atom stereocenters. The Morgan fingerprint density at radius 3 is 0.500 bits per heavy atom. The van der Waals surface area contributed by atoms with E-state index in [1.807, 2.05) is 0 Å². The van der Waals surface area contributed by atoms with Gasteiger partial charge in [0.1, 0.15) is 13.2 Å². The van der Waals surface area contributed by atoms with Gasteiger partial charge in [-0.3, -0.25) is 19.4 Å². The lowest BCUT2D eigenvalue weighted by molar-refractivity contribution is -0.145. The van der Waals surface area contributed by atoms with E-state index in [0.29, 0.717) is 39.1 Å². The van der Waals surface area contributed by atoms with Gasteiger partial charge in [-0.1, -0.05) is 413 Å². The SMILES string of the molecule is CCCCCCCCCCCCCCCCCCN(CCCCCCCCCCCCCCCCCC)CCOC(=O)CCN(C)CCN(C)CCC(=O)OCCN(CCCCCCCCCCCCCCCCCC)CCCCCCCCCCCCCCCCCC. The van der Waals surface area contributed by atoms with Gasteiger partial charge in [-0.15, -0.1) is 0 Å². The number of unbranched alkanes of at least 4 members (excludes halogenated alkanes) is 60. The molecule has 0 aromatic carbocycles. The van der Waals surface area contributed by atoms with Gasteiger partial charge in [0.25, 0.3) is 0 Å². The Balaban J connectivity index is 4.66. The summed E-state index contributed by atoms with van der Waals surface area (Å²) in [7, 11) is 4.19. The van der Waals surface area contributed by atoms with Crippen LogP contribution in [-0.2, 0) is 19.1 Å². The van der Waals surface area contributed by atoms with Gasteiger partial charge in [-0.05, 0) is 66.0 Å². The highest BCUT2D eigenvalue weighted by molar-refractivity contribution is 5.69. The van der Waals surface area contributed by atoms with Crippen LogP contribution in [0.25, 0.3) is 0 Å². The van der Waals surface area contributed by atoms with Gasteiger partial charge in [0.05, 0.1) is 12.8 Å².